The van der Waals surface area contributed by atoms with E-state index in [1.165, 1.54) is 16.8 Å². The molecule has 0 fully saturated rings. The molecule has 0 atom stereocenters. The van der Waals surface area contributed by atoms with Crippen LogP contribution < -0.4 is 4.90 Å². The topological polar surface area (TPSA) is 42.2 Å². The van der Waals surface area contributed by atoms with Crippen molar-refractivity contribution < 1.29 is 4.42 Å². The zero-order chi connectivity index (χ0) is 17.9. The van der Waals surface area contributed by atoms with E-state index in [0.29, 0.717) is 17.1 Å². The third kappa shape index (κ3) is 3.06. The van der Waals surface area contributed by atoms with Gasteiger partial charge in [0.1, 0.15) is 0 Å². The van der Waals surface area contributed by atoms with Gasteiger partial charge in [-0.1, -0.05) is 24.3 Å². The van der Waals surface area contributed by atoms with E-state index in [0.717, 1.165) is 18.7 Å². The summed E-state index contributed by atoms with van der Waals surface area (Å²) in [5.74, 6) is 0.599. The lowest BCUT2D eigenvalue weighted by Gasteiger charge is -2.21. The molecule has 4 heteroatoms. The van der Waals surface area contributed by atoms with Crippen molar-refractivity contribution in [3.8, 4) is 22.6 Å². The van der Waals surface area contributed by atoms with Crippen LogP contribution in [0.4, 0.5) is 5.69 Å². The summed E-state index contributed by atoms with van der Waals surface area (Å²) in [6.07, 6.45) is 1.72. The molecule has 2 heterocycles. The fourth-order valence-electron chi connectivity index (χ4n) is 3.15. The Labute approximate surface area is 153 Å². The maximum atomic E-state index is 5.79. The van der Waals surface area contributed by atoms with Crippen LogP contribution in [0.1, 0.15) is 13.8 Å². The predicted molar refractivity (Wildman–Crippen MR) is 106 cm³/mol. The summed E-state index contributed by atoms with van der Waals surface area (Å²) >= 11 is 0. The number of hydrogen-bond acceptors (Lipinski definition) is 4. The standard InChI is InChI=1S/C22H21N3O/c1-3-25(4-2)19-13-11-17(12-14-19)16-7-9-18(10-8-16)22-24-21-20(26-22)6-5-15-23-21/h5-15H,3-4H2,1-2H3. The quantitative estimate of drug-likeness (QED) is 0.486. The molecule has 2 aromatic heterocycles. The van der Waals surface area contributed by atoms with Gasteiger partial charge in [-0.25, -0.2) is 4.98 Å². The van der Waals surface area contributed by atoms with Gasteiger partial charge >= 0.3 is 0 Å². The van der Waals surface area contributed by atoms with Crippen LogP contribution in [0.3, 0.4) is 0 Å². The Bertz CT molecular complexity index is 967. The highest BCUT2D eigenvalue weighted by atomic mass is 16.3. The summed E-state index contributed by atoms with van der Waals surface area (Å²) in [5.41, 5.74) is 5.93. The molecule has 0 unspecified atom stereocenters. The maximum absolute atomic E-state index is 5.79. The molecule has 0 radical (unpaired) electrons. The van der Waals surface area contributed by atoms with Crippen molar-refractivity contribution in [2.45, 2.75) is 13.8 Å². The molecule has 2 aromatic carbocycles. The smallest absolute Gasteiger partial charge is 0.228 e. The van der Waals surface area contributed by atoms with Crippen molar-refractivity contribution in [3.05, 3.63) is 66.9 Å². The highest BCUT2D eigenvalue weighted by Gasteiger charge is 2.09. The van der Waals surface area contributed by atoms with Crippen LogP contribution in [0.5, 0.6) is 0 Å². The second kappa shape index (κ2) is 7.00. The molecule has 0 N–H and O–H groups in total. The molecule has 0 saturated heterocycles. The Hall–Kier alpha value is -3.14. The maximum Gasteiger partial charge on any atom is 0.228 e. The summed E-state index contributed by atoms with van der Waals surface area (Å²) in [5, 5.41) is 0. The summed E-state index contributed by atoms with van der Waals surface area (Å²) in [4.78, 5) is 11.0. The van der Waals surface area contributed by atoms with Crippen molar-refractivity contribution >= 4 is 16.9 Å². The minimum atomic E-state index is 0.599. The van der Waals surface area contributed by atoms with Crippen molar-refractivity contribution in [1.29, 1.82) is 0 Å². The molecule has 4 aromatic rings. The zero-order valence-corrected chi connectivity index (χ0v) is 15.0. The summed E-state index contributed by atoms with van der Waals surface area (Å²) in [7, 11) is 0. The van der Waals surface area contributed by atoms with E-state index in [1.54, 1.807) is 6.20 Å². The van der Waals surface area contributed by atoms with Gasteiger partial charge in [-0.3, -0.25) is 0 Å². The van der Waals surface area contributed by atoms with E-state index in [9.17, 15) is 0 Å². The van der Waals surface area contributed by atoms with Crippen LogP contribution in [0.15, 0.2) is 71.3 Å². The average Bonchev–Trinajstić information content (AvgIpc) is 3.14. The lowest BCUT2D eigenvalue weighted by molar-refractivity contribution is 0.619. The number of benzene rings is 2. The van der Waals surface area contributed by atoms with Crippen LogP contribution in [0.25, 0.3) is 33.8 Å². The molecular weight excluding hydrogens is 322 g/mol. The van der Waals surface area contributed by atoms with Crippen molar-refractivity contribution in [2.75, 3.05) is 18.0 Å². The van der Waals surface area contributed by atoms with Crippen molar-refractivity contribution in [3.63, 3.8) is 0 Å². The second-order valence-electron chi connectivity index (χ2n) is 6.14. The Morgan fingerprint density at radius 3 is 2.04 bits per heavy atom. The molecule has 0 bridgehead atoms. The molecule has 0 aliphatic heterocycles. The molecule has 26 heavy (non-hydrogen) atoms. The molecule has 4 rings (SSSR count). The highest BCUT2D eigenvalue weighted by Crippen LogP contribution is 2.27. The van der Waals surface area contributed by atoms with Gasteiger partial charge in [0, 0.05) is 30.5 Å². The van der Waals surface area contributed by atoms with E-state index < -0.39 is 0 Å². The normalized spacial score (nSPS) is 11.0. The van der Waals surface area contributed by atoms with Crippen LogP contribution in [-0.4, -0.2) is 23.1 Å². The first-order valence-electron chi connectivity index (χ1n) is 8.96. The molecule has 0 spiro atoms. The van der Waals surface area contributed by atoms with Gasteiger partial charge in [0.25, 0.3) is 0 Å². The molecule has 0 saturated carbocycles. The number of hydrogen-bond donors (Lipinski definition) is 0. The van der Waals surface area contributed by atoms with Crippen molar-refractivity contribution in [2.24, 2.45) is 0 Å². The number of nitrogens with zero attached hydrogens (tertiary/aromatic N) is 3. The average molecular weight is 343 g/mol. The summed E-state index contributed by atoms with van der Waals surface area (Å²) in [6, 6.07) is 20.7. The van der Waals surface area contributed by atoms with Gasteiger partial charge in [0.15, 0.2) is 11.2 Å². The lowest BCUT2D eigenvalue weighted by Crippen LogP contribution is -2.21. The fourth-order valence-corrected chi connectivity index (χ4v) is 3.15. The number of rotatable bonds is 5. The first-order chi connectivity index (χ1) is 12.8. The van der Waals surface area contributed by atoms with Gasteiger partial charge in [0.05, 0.1) is 0 Å². The first kappa shape index (κ1) is 16.3. The van der Waals surface area contributed by atoms with E-state index in [-0.39, 0.29) is 0 Å². The van der Waals surface area contributed by atoms with Gasteiger partial charge < -0.3 is 9.32 Å². The number of aromatic nitrogens is 2. The number of oxazole rings is 1. The second-order valence-corrected chi connectivity index (χ2v) is 6.14. The van der Waals surface area contributed by atoms with Crippen molar-refractivity contribution in [1.82, 2.24) is 9.97 Å². The molecule has 0 aliphatic rings. The van der Waals surface area contributed by atoms with E-state index in [1.807, 2.05) is 24.3 Å². The van der Waals surface area contributed by atoms with Gasteiger partial charge in [0.2, 0.25) is 5.89 Å². The molecule has 4 nitrogen and oxygen atoms in total. The molecule has 0 amide bonds. The molecule has 0 aliphatic carbocycles. The van der Waals surface area contributed by atoms with Gasteiger partial charge in [-0.2, -0.15) is 4.98 Å². The minimum Gasteiger partial charge on any atom is -0.434 e. The molecule has 130 valence electrons. The van der Waals surface area contributed by atoms with Gasteiger partial charge in [-0.05, 0) is 61.4 Å². The highest BCUT2D eigenvalue weighted by molar-refractivity contribution is 5.74. The third-order valence-electron chi connectivity index (χ3n) is 4.63. The Balaban J connectivity index is 1.59. The number of fused-ring (bicyclic) bond motifs is 1. The predicted octanol–water partition coefficient (Wildman–Crippen LogP) is 5.40. The Kier molecular flexibility index (Phi) is 4.40. The third-order valence-corrected chi connectivity index (χ3v) is 4.63. The lowest BCUT2D eigenvalue weighted by atomic mass is 10.0. The van der Waals surface area contributed by atoms with E-state index in [2.05, 4.69) is 65.1 Å². The fraction of sp³-hybridized carbons (Fsp3) is 0.182. The number of pyridine rings is 1. The van der Waals surface area contributed by atoms with E-state index >= 15 is 0 Å². The SMILES string of the molecule is CCN(CC)c1ccc(-c2ccc(-c3nc4ncccc4o3)cc2)cc1. The first-order valence-corrected chi connectivity index (χ1v) is 8.96. The van der Waals surface area contributed by atoms with Crippen LogP contribution in [0, 0.1) is 0 Å². The van der Waals surface area contributed by atoms with Gasteiger partial charge in [-0.15, -0.1) is 0 Å². The Morgan fingerprint density at radius 1 is 0.808 bits per heavy atom. The van der Waals surface area contributed by atoms with Crippen LogP contribution in [0.2, 0.25) is 0 Å². The van der Waals surface area contributed by atoms with E-state index in [4.69, 9.17) is 4.42 Å². The zero-order valence-electron chi connectivity index (χ0n) is 15.0. The number of anilines is 1. The van der Waals surface area contributed by atoms with Crippen LogP contribution >= 0.6 is 0 Å². The van der Waals surface area contributed by atoms with Crippen LogP contribution in [-0.2, 0) is 0 Å². The summed E-state index contributed by atoms with van der Waals surface area (Å²) in [6.45, 7) is 6.39. The summed E-state index contributed by atoms with van der Waals surface area (Å²) < 4.78 is 5.79. The largest absolute Gasteiger partial charge is 0.434 e. The minimum absolute atomic E-state index is 0.599. The molecular formula is C22H21N3O. The Morgan fingerprint density at radius 2 is 1.42 bits per heavy atom. The monoisotopic (exact) mass is 343 g/mol.